The Morgan fingerprint density at radius 3 is 2.53 bits per heavy atom. The predicted octanol–water partition coefficient (Wildman–Crippen LogP) is 3.78. The molecule has 0 N–H and O–H groups in total. The predicted molar refractivity (Wildman–Crippen MR) is 124 cm³/mol. The van der Waals surface area contributed by atoms with Crippen molar-refractivity contribution in [3.8, 4) is 11.8 Å². The van der Waals surface area contributed by atoms with Crippen LogP contribution in [0, 0.1) is 11.3 Å². The number of nitrogens with zero attached hydrogens (tertiary/aromatic N) is 5. The third-order valence-corrected chi connectivity index (χ3v) is 7.05. The van der Waals surface area contributed by atoms with E-state index >= 15 is 0 Å². The van der Waals surface area contributed by atoms with Crippen molar-refractivity contribution in [3.05, 3.63) is 63.6 Å². The van der Waals surface area contributed by atoms with Crippen molar-refractivity contribution in [1.82, 2.24) is 14.5 Å². The molecule has 0 bridgehead atoms. The summed E-state index contributed by atoms with van der Waals surface area (Å²) in [6.45, 7) is 5.86. The smallest absolute Gasteiger partial charge is 0.295 e. The molecule has 7 nitrogen and oxygen atoms in total. The van der Waals surface area contributed by atoms with E-state index in [-0.39, 0.29) is 40.7 Å². The van der Waals surface area contributed by atoms with Crippen molar-refractivity contribution in [2.75, 3.05) is 24.6 Å². The zero-order valence-corrected chi connectivity index (χ0v) is 19.2. The molecule has 2 aliphatic rings. The Morgan fingerprint density at radius 2 is 1.85 bits per heavy atom. The largest absolute Gasteiger partial charge is 0.484 e. The molecule has 0 amide bonds. The van der Waals surface area contributed by atoms with Gasteiger partial charge in [0.1, 0.15) is 29.6 Å². The minimum absolute atomic E-state index is 0.0174. The summed E-state index contributed by atoms with van der Waals surface area (Å²) in [7, 11) is 1.68. The minimum Gasteiger partial charge on any atom is -0.484 e. The normalized spacial score (nSPS) is 21.0. The Balaban J connectivity index is 1.50. The molecule has 5 rings (SSSR count). The van der Waals surface area contributed by atoms with E-state index < -0.39 is 6.43 Å². The number of benzene rings is 1. The first-order chi connectivity index (χ1) is 16.3. The second kappa shape index (κ2) is 8.37. The lowest BCUT2D eigenvalue weighted by molar-refractivity contribution is 0.0916. The number of halogens is 2. The molecule has 4 heterocycles. The maximum absolute atomic E-state index is 13.0. The number of aromatic nitrogens is 2. The van der Waals surface area contributed by atoms with E-state index in [1.807, 2.05) is 0 Å². The quantitative estimate of drug-likeness (QED) is 0.586. The van der Waals surface area contributed by atoms with Crippen LogP contribution in [0.2, 0.25) is 0 Å². The van der Waals surface area contributed by atoms with Gasteiger partial charge in [0.15, 0.2) is 0 Å². The number of fused-ring (bicyclic) bond motifs is 5. The maximum atomic E-state index is 13.0. The first kappa shape index (κ1) is 22.3. The van der Waals surface area contributed by atoms with Gasteiger partial charge < -0.3 is 14.2 Å². The number of pyridine rings is 2. The third kappa shape index (κ3) is 3.49. The van der Waals surface area contributed by atoms with Gasteiger partial charge in [-0.25, -0.2) is 13.8 Å². The van der Waals surface area contributed by atoms with Crippen LogP contribution in [0.15, 0.2) is 41.2 Å². The molecular formula is C25H25F2N5O2. The summed E-state index contributed by atoms with van der Waals surface area (Å²) < 4.78 is 33.4. The Bertz CT molecular complexity index is 1350. The van der Waals surface area contributed by atoms with Crippen molar-refractivity contribution in [3.63, 3.8) is 0 Å². The van der Waals surface area contributed by atoms with Crippen LogP contribution in [0.4, 0.5) is 14.5 Å². The van der Waals surface area contributed by atoms with Crippen LogP contribution in [-0.2, 0) is 7.05 Å². The number of anilines is 1. The van der Waals surface area contributed by atoms with E-state index in [1.165, 1.54) is 16.7 Å². The number of hydrogen-bond donors (Lipinski definition) is 0. The summed E-state index contributed by atoms with van der Waals surface area (Å²) in [4.78, 5) is 22.1. The van der Waals surface area contributed by atoms with Gasteiger partial charge in [0.25, 0.3) is 12.0 Å². The highest BCUT2D eigenvalue weighted by atomic mass is 19.3. The number of hydrogen-bond acceptors (Lipinski definition) is 6. The number of aryl methyl sites for hydroxylation is 1. The molecule has 1 unspecified atom stereocenters. The lowest BCUT2D eigenvalue weighted by Crippen LogP contribution is -2.61. The van der Waals surface area contributed by atoms with Crippen LogP contribution in [-0.4, -0.2) is 46.2 Å². The maximum Gasteiger partial charge on any atom is 0.295 e. The highest BCUT2D eigenvalue weighted by Crippen LogP contribution is 2.40. The second-order valence-corrected chi connectivity index (χ2v) is 9.02. The fraction of sp³-hybridized carbons (Fsp3) is 0.400. The second-order valence-electron chi connectivity index (χ2n) is 9.02. The molecule has 3 aromatic rings. The SMILES string of the molecule is CC(c1ccc(C(F)F)cc1)N1C[C@H]2COc3c(c4nc(C#N)ccc4n(C)c3=O)N2C[C@H]1C. The fourth-order valence-electron chi connectivity index (χ4n) is 5.13. The standard InChI is InChI=1S/C25H25F2N5O2/c1-14-11-32-19(12-31(14)15(2)16-4-6-17(7-5-16)24(26)27)13-34-23-22(32)21-20(30(3)25(23)33)9-8-18(10-28)29-21/h4-9,14-15,19,24H,11-13H2,1-3H3/t14-,15?,19+/m1/s1. The van der Waals surface area contributed by atoms with Crippen LogP contribution in [0.25, 0.3) is 11.0 Å². The van der Waals surface area contributed by atoms with Crippen molar-refractivity contribution in [2.24, 2.45) is 7.05 Å². The fourth-order valence-corrected chi connectivity index (χ4v) is 5.13. The van der Waals surface area contributed by atoms with E-state index in [4.69, 9.17) is 4.74 Å². The molecule has 0 aliphatic carbocycles. The molecule has 0 spiro atoms. The van der Waals surface area contributed by atoms with Gasteiger partial charge >= 0.3 is 0 Å². The zero-order valence-electron chi connectivity index (χ0n) is 19.2. The molecule has 176 valence electrons. The van der Waals surface area contributed by atoms with E-state index in [2.05, 4.69) is 34.7 Å². The van der Waals surface area contributed by atoms with Gasteiger partial charge in [-0.1, -0.05) is 24.3 Å². The molecule has 3 atom stereocenters. The minimum atomic E-state index is -2.48. The Labute approximate surface area is 195 Å². The molecule has 1 aromatic carbocycles. The number of nitriles is 1. The first-order valence-corrected chi connectivity index (χ1v) is 11.3. The van der Waals surface area contributed by atoms with E-state index in [0.717, 1.165) is 5.56 Å². The summed E-state index contributed by atoms with van der Waals surface area (Å²) in [5, 5.41) is 9.38. The van der Waals surface area contributed by atoms with Crippen molar-refractivity contribution in [1.29, 1.82) is 5.26 Å². The van der Waals surface area contributed by atoms with Gasteiger partial charge in [-0.2, -0.15) is 5.26 Å². The van der Waals surface area contributed by atoms with Gasteiger partial charge in [0.05, 0.1) is 11.6 Å². The average molecular weight is 466 g/mol. The highest BCUT2D eigenvalue weighted by molar-refractivity contribution is 5.93. The first-order valence-electron chi connectivity index (χ1n) is 11.3. The van der Waals surface area contributed by atoms with Crippen LogP contribution < -0.4 is 15.2 Å². The summed E-state index contributed by atoms with van der Waals surface area (Å²) in [6, 6.07) is 12.1. The van der Waals surface area contributed by atoms with Crippen molar-refractivity contribution >= 4 is 16.7 Å². The van der Waals surface area contributed by atoms with Gasteiger partial charge in [0.2, 0.25) is 5.75 Å². The molecular weight excluding hydrogens is 440 g/mol. The topological polar surface area (TPSA) is 74.4 Å². The third-order valence-electron chi connectivity index (χ3n) is 7.05. The number of rotatable bonds is 3. The van der Waals surface area contributed by atoms with Gasteiger partial charge in [-0.05, 0) is 31.5 Å². The van der Waals surface area contributed by atoms with Gasteiger partial charge in [-0.3, -0.25) is 9.69 Å². The van der Waals surface area contributed by atoms with E-state index in [0.29, 0.717) is 36.4 Å². The molecule has 2 aliphatic heterocycles. The number of ether oxygens (including phenoxy) is 1. The van der Waals surface area contributed by atoms with Crippen LogP contribution in [0.1, 0.15) is 43.1 Å². The highest BCUT2D eigenvalue weighted by Gasteiger charge is 2.40. The molecule has 0 radical (unpaired) electrons. The molecule has 9 heteroatoms. The summed E-state index contributed by atoms with van der Waals surface area (Å²) in [5.74, 6) is 0.269. The summed E-state index contributed by atoms with van der Waals surface area (Å²) in [6.07, 6.45) is -2.48. The van der Waals surface area contributed by atoms with Crippen LogP contribution in [0.3, 0.4) is 0 Å². The van der Waals surface area contributed by atoms with Crippen molar-refractivity contribution in [2.45, 2.75) is 38.4 Å². The van der Waals surface area contributed by atoms with E-state index in [9.17, 15) is 18.8 Å². The Hall–Kier alpha value is -3.51. The monoisotopic (exact) mass is 465 g/mol. The summed E-state index contributed by atoms with van der Waals surface area (Å²) in [5.41, 5.74) is 2.92. The Kier molecular flexibility index (Phi) is 5.48. The molecule has 2 aromatic heterocycles. The van der Waals surface area contributed by atoms with Crippen LogP contribution in [0.5, 0.6) is 5.75 Å². The van der Waals surface area contributed by atoms with Crippen LogP contribution >= 0.6 is 0 Å². The molecule has 34 heavy (non-hydrogen) atoms. The lowest BCUT2D eigenvalue weighted by Gasteiger charge is -2.50. The van der Waals surface area contributed by atoms with Gasteiger partial charge in [0, 0.05) is 37.8 Å². The molecule has 1 fully saturated rings. The number of piperazine rings is 1. The van der Waals surface area contributed by atoms with Gasteiger partial charge in [-0.15, -0.1) is 0 Å². The van der Waals surface area contributed by atoms with Crippen molar-refractivity contribution < 1.29 is 13.5 Å². The lowest BCUT2D eigenvalue weighted by atomic mass is 9.98. The number of alkyl halides is 2. The average Bonchev–Trinajstić information content (AvgIpc) is 2.85. The molecule has 1 saturated heterocycles. The zero-order chi connectivity index (χ0) is 24.1. The van der Waals surface area contributed by atoms with E-state index in [1.54, 1.807) is 31.3 Å². The molecule has 0 saturated carbocycles. The summed E-state index contributed by atoms with van der Waals surface area (Å²) >= 11 is 0. The Morgan fingerprint density at radius 1 is 1.15 bits per heavy atom.